The molecular weight excluding hydrogens is 318 g/mol. The average molecular weight is 339 g/mol. The number of nitrogens with two attached hydrogens (primary N) is 1. The Balaban J connectivity index is 1.89. The predicted molar refractivity (Wildman–Crippen MR) is 93.2 cm³/mol. The van der Waals surface area contributed by atoms with Crippen molar-refractivity contribution in [2.75, 3.05) is 19.7 Å². The fourth-order valence-corrected chi connectivity index (χ4v) is 3.29. The van der Waals surface area contributed by atoms with E-state index < -0.39 is 11.3 Å². The number of carbonyl (C=O) groups excluding carboxylic acids is 2. The third kappa shape index (κ3) is 3.07. The molecule has 0 radical (unpaired) electrons. The number of hydrogen-bond donors (Lipinski definition) is 1. The number of primary amides is 1. The molecule has 1 saturated heterocycles. The second-order valence-corrected chi connectivity index (χ2v) is 6.07. The van der Waals surface area contributed by atoms with Gasteiger partial charge in [-0.25, -0.2) is 4.98 Å². The number of hydrogen-bond acceptors (Lipinski definition) is 4. The summed E-state index contributed by atoms with van der Waals surface area (Å²) in [6, 6.07) is 12.8. The Morgan fingerprint density at radius 1 is 1.24 bits per heavy atom. The highest BCUT2D eigenvalue weighted by Crippen LogP contribution is 2.35. The van der Waals surface area contributed by atoms with Gasteiger partial charge in [0.2, 0.25) is 5.91 Å². The van der Waals surface area contributed by atoms with E-state index in [0.717, 1.165) is 5.56 Å². The number of carbonyl (C=O) groups is 2. The molecule has 1 aliphatic rings. The van der Waals surface area contributed by atoms with Gasteiger partial charge in [-0.2, -0.15) is 0 Å². The lowest BCUT2D eigenvalue weighted by atomic mass is 9.79. The highest BCUT2D eigenvalue weighted by molar-refractivity contribution is 5.96. The lowest BCUT2D eigenvalue weighted by molar-refractivity contribution is -0.123. The van der Waals surface area contributed by atoms with Crippen LogP contribution in [0.15, 0.2) is 48.7 Å². The lowest BCUT2D eigenvalue weighted by Crippen LogP contribution is -2.44. The number of aromatic nitrogens is 1. The first-order valence-corrected chi connectivity index (χ1v) is 8.31. The molecule has 1 aromatic heterocycles. The molecule has 2 amide bonds. The number of amides is 2. The summed E-state index contributed by atoms with van der Waals surface area (Å²) in [5.74, 6) is -0.213. The summed E-state index contributed by atoms with van der Waals surface area (Å²) >= 11 is 0. The van der Waals surface area contributed by atoms with Crippen LogP contribution in [0, 0.1) is 0 Å². The average Bonchev–Trinajstić information content (AvgIpc) is 3.09. The molecular formula is C19H21N3O3. The van der Waals surface area contributed by atoms with Crippen molar-refractivity contribution in [2.24, 2.45) is 5.73 Å². The molecule has 2 N–H and O–H groups in total. The highest BCUT2D eigenvalue weighted by Gasteiger charge is 2.46. The van der Waals surface area contributed by atoms with E-state index in [2.05, 4.69) is 4.98 Å². The Bertz CT molecular complexity index is 778. The SMILES string of the molecule is CCOc1cccnc1C(=O)N1CCC(C(N)=O)(c2ccccc2)C1. The molecule has 0 spiro atoms. The number of ether oxygens (including phenoxy) is 1. The minimum Gasteiger partial charge on any atom is -0.491 e. The van der Waals surface area contributed by atoms with E-state index in [9.17, 15) is 9.59 Å². The first-order valence-electron chi connectivity index (χ1n) is 8.31. The molecule has 25 heavy (non-hydrogen) atoms. The van der Waals surface area contributed by atoms with Gasteiger partial charge in [-0.05, 0) is 31.0 Å². The third-order valence-corrected chi connectivity index (χ3v) is 4.63. The van der Waals surface area contributed by atoms with Crippen molar-refractivity contribution in [1.29, 1.82) is 0 Å². The van der Waals surface area contributed by atoms with Gasteiger partial charge in [0.1, 0.15) is 0 Å². The molecule has 130 valence electrons. The van der Waals surface area contributed by atoms with Crippen molar-refractivity contribution >= 4 is 11.8 Å². The van der Waals surface area contributed by atoms with Crippen molar-refractivity contribution in [1.82, 2.24) is 9.88 Å². The standard InChI is InChI=1S/C19H21N3O3/c1-2-25-15-9-6-11-21-16(15)17(23)22-12-10-19(13-22,18(20)24)14-7-4-3-5-8-14/h3-9,11H,2,10,12-13H2,1H3,(H2,20,24). The predicted octanol–water partition coefficient (Wildman–Crippen LogP) is 1.75. The first kappa shape index (κ1) is 17.0. The maximum atomic E-state index is 12.9. The molecule has 2 heterocycles. The molecule has 1 fully saturated rings. The normalized spacial score (nSPS) is 19.6. The van der Waals surface area contributed by atoms with E-state index in [4.69, 9.17) is 10.5 Å². The zero-order chi connectivity index (χ0) is 17.9. The smallest absolute Gasteiger partial charge is 0.276 e. The maximum absolute atomic E-state index is 12.9. The van der Waals surface area contributed by atoms with E-state index in [1.165, 1.54) is 0 Å². The number of likely N-dealkylation sites (tertiary alicyclic amines) is 1. The van der Waals surface area contributed by atoms with E-state index in [1.807, 2.05) is 37.3 Å². The number of benzene rings is 1. The second kappa shape index (κ2) is 6.93. The Kier molecular flexibility index (Phi) is 4.70. The molecule has 6 heteroatoms. The second-order valence-electron chi connectivity index (χ2n) is 6.07. The Hall–Kier alpha value is -2.89. The van der Waals surface area contributed by atoms with Gasteiger partial charge in [-0.15, -0.1) is 0 Å². The van der Waals surface area contributed by atoms with Gasteiger partial charge in [0, 0.05) is 19.3 Å². The van der Waals surface area contributed by atoms with E-state index in [-0.39, 0.29) is 18.1 Å². The van der Waals surface area contributed by atoms with Crippen molar-refractivity contribution in [2.45, 2.75) is 18.8 Å². The van der Waals surface area contributed by atoms with Gasteiger partial charge in [0.05, 0.1) is 12.0 Å². The number of rotatable bonds is 5. The van der Waals surface area contributed by atoms with Gasteiger partial charge >= 0.3 is 0 Å². The fraction of sp³-hybridized carbons (Fsp3) is 0.316. The fourth-order valence-electron chi connectivity index (χ4n) is 3.29. The summed E-state index contributed by atoms with van der Waals surface area (Å²) in [4.78, 5) is 31.0. The molecule has 0 aliphatic carbocycles. The summed E-state index contributed by atoms with van der Waals surface area (Å²) in [6.07, 6.45) is 2.05. The van der Waals surface area contributed by atoms with Crippen LogP contribution in [0.3, 0.4) is 0 Å². The van der Waals surface area contributed by atoms with Crippen LogP contribution >= 0.6 is 0 Å². The van der Waals surface area contributed by atoms with E-state index in [1.54, 1.807) is 23.2 Å². The topological polar surface area (TPSA) is 85.5 Å². The molecule has 1 aromatic carbocycles. The first-order chi connectivity index (χ1) is 12.1. The van der Waals surface area contributed by atoms with Gasteiger partial charge in [0.15, 0.2) is 11.4 Å². The van der Waals surface area contributed by atoms with Crippen LogP contribution < -0.4 is 10.5 Å². The summed E-state index contributed by atoms with van der Waals surface area (Å²) < 4.78 is 5.50. The van der Waals surface area contributed by atoms with Gasteiger partial charge < -0.3 is 15.4 Å². The van der Waals surface area contributed by atoms with Gasteiger partial charge in [-0.1, -0.05) is 30.3 Å². The summed E-state index contributed by atoms with van der Waals surface area (Å²) in [7, 11) is 0. The molecule has 0 saturated carbocycles. The molecule has 3 rings (SSSR count). The summed E-state index contributed by atoms with van der Waals surface area (Å²) in [5.41, 5.74) is 5.96. The van der Waals surface area contributed by atoms with Crippen molar-refractivity contribution in [3.63, 3.8) is 0 Å². The molecule has 0 bridgehead atoms. The molecule has 2 aromatic rings. The highest BCUT2D eigenvalue weighted by atomic mass is 16.5. The van der Waals surface area contributed by atoms with Crippen LogP contribution in [0.1, 0.15) is 29.4 Å². The third-order valence-electron chi connectivity index (χ3n) is 4.63. The van der Waals surface area contributed by atoms with Crippen LogP contribution in [0.5, 0.6) is 5.75 Å². The van der Waals surface area contributed by atoms with Crippen LogP contribution in [-0.2, 0) is 10.2 Å². The van der Waals surface area contributed by atoms with Crippen LogP contribution in [0.4, 0.5) is 0 Å². The minimum absolute atomic E-state index is 0.243. The molecule has 6 nitrogen and oxygen atoms in total. The monoisotopic (exact) mass is 339 g/mol. The Morgan fingerprint density at radius 3 is 2.68 bits per heavy atom. The molecule has 1 atom stereocenters. The van der Waals surface area contributed by atoms with Crippen molar-refractivity contribution < 1.29 is 14.3 Å². The van der Waals surface area contributed by atoms with Crippen molar-refractivity contribution in [3.8, 4) is 5.75 Å². The molecule has 1 aliphatic heterocycles. The van der Waals surface area contributed by atoms with Crippen LogP contribution in [0.2, 0.25) is 0 Å². The summed E-state index contributed by atoms with van der Waals surface area (Å²) in [6.45, 7) is 2.98. The number of pyridine rings is 1. The molecule has 1 unspecified atom stereocenters. The van der Waals surface area contributed by atoms with E-state index >= 15 is 0 Å². The van der Waals surface area contributed by atoms with Gasteiger partial charge in [0.25, 0.3) is 5.91 Å². The quantitative estimate of drug-likeness (QED) is 0.899. The number of nitrogens with zero attached hydrogens (tertiary/aromatic N) is 2. The van der Waals surface area contributed by atoms with Gasteiger partial charge in [-0.3, -0.25) is 9.59 Å². The van der Waals surface area contributed by atoms with E-state index in [0.29, 0.717) is 25.3 Å². The van der Waals surface area contributed by atoms with Crippen molar-refractivity contribution in [3.05, 3.63) is 59.9 Å². The van der Waals surface area contributed by atoms with Crippen LogP contribution in [0.25, 0.3) is 0 Å². The maximum Gasteiger partial charge on any atom is 0.276 e. The zero-order valence-electron chi connectivity index (χ0n) is 14.1. The summed E-state index contributed by atoms with van der Waals surface area (Å²) in [5, 5.41) is 0. The Labute approximate surface area is 146 Å². The largest absolute Gasteiger partial charge is 0.491 e. The Morgan fingerprint density at radius 2 is 2.00 bits per heavy atom. The lowest BCUT2D eigenvalue weighted by Gasteiger charge is -2.26. The van der Waals surface area contributed by atoms with Crippen LogP contribution in [-0.4, -0.2) is 41.4 Å². The minimum atomic E-state index is -0.864. The zero-order valence-corrected chi connectivity index (χ0v) is 14.1.